The largest absolute Gasteiger partial charge is 0.338 e. The van der Waals surface area contributed by atoms with Gasteiger partial charge in [-0.15, -0.1) is 22.7 Å². The molecule has 0 radical (unpaired) electrons. The van der Waals surface area contributed by atoms with Gasteiger partial charge in [-0.2, -0.15) is 0 Å². The molecule has 1 atom stereocenters. The summed E-state index contributed by atoms with van der Waals surface area (Å²) >= 11 is 3.20. The first kappa shape index (κ1) is 21.6. The Hall–Kier alpha value is -2.65. The molecule has 3 aromatic rings. The maximum atomic E-state index is 12.7. The Kier molecular flexibility index (Phi) is 6.43. The van der Waals surface area contributed by atoms with Gasteiger partial charge in [-0.1, -0.05) is 0 Å². The van der Waals surface area contributed by atoms with Gasteiger partial charge in [-0.05, 0) is 46.6 Å². The lowest BCUT2D eigenvalue weighted by molar-refractivity contribution is -0.127. The molecule has 4 rings (SSSR count). The summed E-state index contributed by atoms with van der Waals surface area (Å²) in [5.74, 6) is 1.67. The number of rotatable bonds is 5. The number of carbonyl (C=O) groups is 1. The van der Waals surface area contributed by atoms with E-state index in [-0.39, 0.29) is 11.8 Å². The van der Waals surface area contributed by atoms with Crippen molar-refractivity contribution >= 4 is 45.6 Å². The van der Waals surface area contributed by atoms with Crippen LogP contribution in [0.25, 0.3) is 6.08 Å². The molecule has 0 bridgehead atoms. The van der Waals surface area contributed by atoms with E-state index >= 15 is 0 Å². The van der Waals surface area contributed by atoms with E-state index in [1.807, 2.05) is 37.1 Å². The van der Waals surface area contributed by atoms with Gasteiger partial charge in [-0.3, -0.25) is 4.79 Å². The molecular weight excluding hydrogens is 428 g/mol. The summed E-state index contributed by atoms with van der Waals surface area (Å²) in [5.41, 5.74) is 2.83. The third-order valence-corrected chi connectivity index (χ3v) is 7.09. The molecule has 1 N–H and O–H groups in total. The summed E-state index contributed by atoms with van der Waals surface area (Å²) in [4.78, 5) is 34.0. The number of hydrogen-bond donors (Lipinski definition) is 1. The molecule has 162 valence electrons. The topological polar surface area (TPSA) is 83.9 Å². The lowest BCUT2D eigenvalue weighted by Crippen LogP contribution is -2.38. The van der Waals surface area contributed by atoms with Crippen molar-refractivity contribution in [2.45, 2.75) is 46.5 Å². The normalized spacial score (nSPS) is 16.8. The SMILES string of the molecule is Cc1nc(Nc2nc(C)c(C)s2)cc(C2CCCN(C(=O)/C=C/c3csc(C)n3)C2)n1. The maximum Gasteiger partial charge on any atom is 0.246 e. The van der Waals surface area contributed by atoms with Crippen molar-refractivity contribution in [3.63, 3.8) is 0 Å². The van der Waals surface area contributed by atoms with Crippen LogP contribution in [0.4, 0.5) is 10.9 Å². The Morgan fingerprint density at radius 3 is 2.74 bits per heavy atom. The maximum absolute atomic E-state index is 12.7. The minimum absolute atomic E-state index is 0.0215. The van der Waals surface area contributed by atoms with E-state index in [2.05, 4.69) is 32.2 Å². The van der Waals surface area contributed by atoms with E-state index in [9.17, 15) is 4.79 Å². The van der Waals surface area contributed by atoms with E-state index < -0.39 is 0 Å². The molecule has 0 saturated carbocycles. The molecule has 0 aromatic carbocycles. The fraction of sp³-hybridized carbons (Fsp3) is 0.409. The summed E-state index contributed by atoms with van der Waals surface area (Å²) in [6, 6.07) is 1.99. The zero-order valence-corrected chi connectivity index (χ0v) is 19.8. The Morgan fingerprint density at radius 2 is 2.03 bits per heavy atom. The highest BCUT2D eigenvalue weighted by Gasteiger charge is 2.25. The number of aromatic nitrogens is 4. The average molecular weight is 455 g/mol. The summed E-state index contributed by atoms with van der Waals surface area (Å²) in [7, 11) is 0. The second kappa shape index (κ2) is 9.23. The van der Waals surface area contributed by atoms with E-state index in [4.69, 9.17) is 0 Å². The van der Waals surface area contributed by atoms with Crippen molar-refractivity contribution in [2.75, 3.05) is 18.4 Å². The van der Waals surface area contributed by atoms with E-state index in [0.29, 0.717) is 12.4 Å². The molecule has 1 aliphatic rings. The zero-order valence-electron chi connectivity index (χ0n) is 18.2. The average Bonchev–Trinajstić information content (AvgIpc) is 3.30. The minimum atomic E-state index is 0.0215. The van der Waals surface area contributed by atoms with Gasteiger partial charge in [0.05, 0.1) is 22.1 Å². The van der Waals surface area contributed by atoms with Crippen molar-refractivity contribution in [3.8, 4) is 0 Å². The molecule has 9 heteroatoms. The van der Waals surface area contributed by atoms with E-state index in [1.54, 1.807) is 34.8 Å². The van der Waals surface area contributed by atoms with Crippen molar-refractivity contribution < 1.29 is 4.79 Å². The number of piperidine rings is 1. The van der Waals surface area contributed by atoms with Crippen molar-refractivity contribution in [1.82, 2.24) is 24.8 Å². The third kappa shape index (κ3) is 5.34. The molecule has 3 aromatic heterocycles. The minimum Gasteiger partial charge on any atom is -0.338 e. The lowest BCUT2D eigenvalue weighted by atomic mass is 9.94. The first-order chi connectivity index (χ1) is 14.9. The van der Waals surface area contributed by atoms with E-state index in [0.717, 1.165) is 52.4 Å². The Labute approximate surface area is 190 Å². The molecule has 31 heavy (non-hydrogen) atoms. The first-order valence-electron chi connectivity index (χ1n) is 10.3. The third-order valence-electron chi connectivity index (χ3n) is 5.31. The lowest BCUT2D eigenvalue weighted by Gasteiger charge is -2.32. The predicted octanol–water partition coefficient (Wildman–Crippen LogP) is 4.79. The van der Waals surface area contributed by atoms with Crippen LogP contribution in [0.3, 0.4) is 0 Å². The fourth-order valence-corrected chi connectivity index (χ4v) is 5.04. The summed E-state index contributed by atoms with van der Waals surface area (Å²) in [6.07, 6.45) is 5.38. The summed E-state index contributed by atoms with van der Waals surface area (Å²) < 4.78 is 0. The number of aryl methyl sites for hydroxylation is 4. The number of hydrogen-bond acceptors (Lipinski definition) is 8. The van der Waals surface area contributed by atoms with Gasteiger partial charge in [0, 0.05) is 41.4 Å². The zero-order chi connectivity index (χ0) is 22.0. The quantitative estimate of drug-likeness (QED) is 0.558. The van der Waals surface area contributed by atoms with Crippen LogP contribution >= 0.6 is 22.7 Å². The van der Waals surface area contributed by atoms with Gasteiger partial charge >= 0.3 is 0 Å². The predicted molar refractivity (Wildman–Crippen MR) is 126 cm³/mol. The van der Waals surface area contributed by atoms with E-state index in [1.165, 1.54) is 4.88 Å². The molecule has 1 aliphatic heterocycles. The van der Waals surface area contributed by atoms with Crippen LogP contribution in [0.5, 0.6) is 0 Å². The number of nitrogens with zero attached hydrogens (tertiary/aromatic N) is 5. The van der Waals surface area contributed by atoms with Crippen molar-refractivity contribution in [1.29, 1.82) is 0 Å². The monoisotopic (exact) mass is 454 g/mol. The number of carbonyl (C=O) groups excluding carboxylic acids is 1. The smallest absolute Gasteiger partial charge is 0.246 e. The molecule has 0 spiro atoms. The summed E-state index contributed by atoms with van der Waals surface area (Å²) in [6.45, 7) is 9.35. The van der Waals surface area contributed by atoms with Crippen LogP contribution in [-0.4, -0.2) is 43.8 Å². The first-order valence-corrected chi connectivity index (χ1v) is 12.0. The number of amides is 1. The van der Waals surface area contributed by atoms with Crippen molar-refractivity contribution in [2.24, 2.45) is 0 Å². The second-order valence-electron chi connectivity index (χ2n) is 7.76. The van der Waals surface area contributed by atoms with Crippen molar-refractivity contribution in [3.05, 3.63) is 50.3 Å². The summed E-state index contributed by atoms with van der Waals surface area (Å²) in [5, 5.41) is 7.11. The van der Waals surface area contributed by atoms with Crippen LogP contribution < -0.4 is 5.32 Å². The number of anilines is 2. The highest BCUT2D eigenvalue weighted by molar-refractivity contribution is 7.15. The molecule has 1 saturated heterocycles. The number of likely N-dealkylation sites (tertiary alicyclic amines) is 1. The highest BCUT2D eigenvalue weighted by atomic mass is 32.1. The van der Waals surface area contributed by atoms with Gasteiger partial charge in [0.25, 0.3) is 0 Å². The number of nitrogens with one attached hydrogen (secondary N) is 1. The molecular formula is C22H26N6OS2. The van der Waals surface area contributed by atoms with Crippen LogP contribution in [-0.2, 0) is 4.79 Å². The van der Waals surface area contributed by atoms with Crippen LogP contribution in [0.2, 0.25) is 0 Å². The van der Waals surface area contributed by atoms with Gasteiger partial charge in [0.15, 0.2) is 5.13 Å². The standard InChI is InChI=1S/C22H26N6OS2/c1-13-14(2)31-22(23-13)27-20-10-19(24-15(3)25-20)17-6-5-9-28(11-17)21(29)8-7-18-12-30-16(4)26-18/h7-8,10,12,17H,5-6,9,11H2,1-4H3,(H,23,24,25,27)/b8-7+. The van der Waals surface area contributed by atoms with Crippen LogP contribution in [0, 0.1) is 27.7 Å². The van der Waals surface area contributed by atoms with Gasteiger partial charge in [0.2, 0.25) is 5.91 Å². The second-order valence-corrected chi connectivity index (χ2v) is 10.0. The molecule has 4 heterocycles. The van der Waals surface area contributed by atoms with Gasteiger partial charge < -0.3 is 10.2 Å². The molecule has 1 fully saturated rings. The van der Waals surface area contributed by atoms with Gasteiger partial charge in [0.1, 0.15) is 11.6 Å². The molecule has 1 unspecified atom stereocenters. The molecule has 7 nitrogen and oxygen atoms in total. The fourth-order valence-electron chi connectivity index (χ4n) is 3.64. The Balaban J connectivity index is 1.46. The number of thiazole rings is 2. The highest BCUT2D eigenvalue weighted by Crippen LogP contribution is 2.29. The molecule has 0 aliphatic carbocycles. The Bertz CT molecular complexity index is 1100. The molecule has 1 amide bonds. The van der Waals surface area contributed by atoms with Crippen LogP contribution in [0.15, 0.2) is 17.5 Å². The van der Waals surface area contributed by atoms with Crippen LogP contribution in [0.1, 0.15) is 51.6 Å². The van der Waals surface area contributed by atoms with Gasteiger partial charge in [-0.25, -0.2) is 19.9 Å². The Morgan fingerprint density at radius 1 is 1.19 bits per heavy atom.